The molecule has 0 saturated heterocycles. The Morgan fingerprint density at radius 2 is 1.92 bits per heavy atom. The Morgan fingerprint density at radius 1 is 1.38 bits per heavy atom. The molecule has 0 spiro atoms. The third-order valence-corrected chi connectivity index (χ3v) is 1.57. The molecule has 13 heavy (non-hydrogen) atoms. The molecule has 0 aromatic heterocycles. The standard InChI is InChI=1S/C8H13NO4/c1-9-6(8(10)13-4)5-7(11-2)12-3/h6-7H,5H2,2-4H3. The van der Waals surface area contributed by atoms with Gasteiger partial charge in [0.2, 0.25) is 0 Å². The van der Waals surface area contributed by atoms with Crippen molar-refractivity contribution in [3.63, 3.8) is 0 Å². The lowest BCUT2D eigenvalue weighted by Crippen LogP contribution is -2.26. The Kier molecular flexibility index (Phi) is 5.85. The van der Waals surface area contributed by atoms with E-state index >= 15 is 0 Å². The molecule has 1 unspecified atom stereocenters. The fraction of sp³-hybridized carbons (Fsp3) is 0.750. The fourth-order valence-corrected chi connectivity index (χ4v) is 0.809. The Balaban J connectivity index is 4.13. The molecule has 0 amide bonds. The van der Waals surface area contributed by atoms with Crippen molar-refractivity contribution in [3.8, 4) is 0 Å². The third kappa shape index (κ3) is 3.87. The monoisotopic (exact) mass is 187 g/mol. The van der Waals surface area contributed by atoms with Crippen molar-refractivity contribution in [1.82, 2.24) is 0 Å². The summed E-state index contributed by atoms with van der Waals surface area (Å²) in [5.74, 6) is -0.561. The number of ether oxygens (including phenoxy) is 3. The van der Waals surface area contributed by atoms with Crippen LogP contribution in [0.5, 0.6) is 0 Å². The van der Waals surface area contributed by atoms with Gasteiger partial charge in [-0.2, -0.15) is 0 Å². The Morgan fingerprint density at radius 3 is 2.23 bits per heavy atom. The maximum atomic E-state index is 11.0. The van der Waals surface area contributed by atoms with Crippen molar-refractivity contribution in [1.29, 1.82) is 0 Å². The van der Waals surface area contributed by atoms with Gasteiger partial charge in [0, 0.05) is 14.2 Å². The minimum Gasteiger partial charge on any atom is -0.463 e. The van der Waals surface area contributed by atoms with Gasteiger partial charge < -0.3 is 19.1 Å². The molecule has 0 aromatic rings. The lowest BCUT2D eigenvalue weighted by molar-refractivity contribution is -0.146. The van der Waals surface area contributed by atoms with E-state index in [-0.39, 0.29) is 6.42 Å². The highest BCUT2D eigenvalue weighted by molar-refractivity contribution is 5.77. The van der Waals surface area contributed by atoms with Crippen LogP contribution in [0.4, 0.5) is 0 Å². The molecule has 1 atom stereocenters. The molecule has 0 aliphatic carbocycles. The second-order valence-electron chi connectivity index (χ2n) is 2.30. The minimum atomic E-state index is -0.852. The quantitative estimate of drug-likeness (QED) is 0.356. The predicted octanol–water partition coefficient (Wildman–Crippen LogP) is 0.456. The number of methoxy groups -OCH3 is 3. The third-order valence-electron chi connectivity index (χ3n) is 1.57. The van der Waals surface area contributed by atoms with Gasteiger partial charge in [0.05, 0.1) is 13.5 Å². The topological polar surface area (TPSA) is 49.1 Å². The van der Waals surface area contributed by atoms with Gasteiger partial charge in [-0.1, -0.05) is 0 Å². The number of hydrogen-bond acceptors (Lipinski definition) is 4. The number of esters is 1. The summed E-state index contributed by atoms with van der Waals surface area (Å²) in [5.41, 5.74) is 0. The molecule has 0 aliphatic heterocycles. The number of rotatable bonds is 5. The average molecular weight is 187 g/mol. The molecule has 0 aromatic carbocycles. The van der Waals surface area contributed by atoms with Crippen LogP contribution >= 0.6 is 0 Å². The predicted molar refractivity (Wildman–Crippen MR) is 44.8 cm³/mol. The summed E-state index contributed by atoms with van der Waals surface area (Å²) in [6.45, 7) is 6.75. The van der Waals surface area contributed by atoms with Crippen molar-refractivity contribution in [2.75, 3.05) is 21.3 Å². The molecule has 5 heteroatoms. The van der Waals surface area contributed by atoms with E-state index in [0.717, 1.165) is 0 Å². The van der Waals surface area contributed by atoms with E-state index in [2.05, 4.69) is 9.58 Å². The first-order valence-electron chi connectivity index (χ1n) is 3.69. The highest BCUT2D eigenvalue weighted by Crippen LogP contribution is 2.07. The SMILES string of the molecule is [C-]#[N+]C(CC(OC)OC)C(=O)OC. The zero-order chi connectivity index (χ0) is 10.3. The molecule has 0 saturated carbocycles. The summed E-state index contributed by atoms with van der Waals surface area (Å²) < 4.78 is 14.1. The van der Waals surface area contributed by atoms with Crippen molar-refractivity contribution in [3.05, 3.63) is 11.4 Å². The largest absolute Gasteiger partial charge is 0.463 e. The average Bonchev–Trinajstić information content (AvgIpc) is 2.19. The molecule has 0 aliphatic rings. The number of carbonyl (C=O) groups excluding carboxylic acids is 1. The van der Waals surface area contributed by atoms with E-state index in [1.54, 1.807) is 0 Å². The molecule has 0 heterocycles. The van der Waals surface area contributed by atoms with Crippen molar-refractivity contribution in [2.45, 2.75) is 18.8 Å². The van der Waals surface area contributed by atoms with Gasteiger partial charge in [-0.05, 0) is 0 Å². The Hall–Kier alpha value is -1.12. The molecule has 0 radical (unpaired) electrons. The normalized spacial score (nSPS) is 12.2. The van der Waals surface area contributed by atoms with E-state index in [1.807, 2.05) is 0 Å². The van der Waals surface area contributed by atoms with Crippen LogP contribution in [0.15, 0.2) is 0 Å². The first-order chi connectivity index (χ1) is 6.19. The highest BCUT2D eigenvalue weighted by Gasteiger charge is 2.28. The lowest BCUT2D eigenvalue weighted by atomic mass is 10.2. The smallest absolute Gasteiger partial charge is 0.390 e. The second kappa shape index (κ2) is 6.40. The molecular formula is C8H13NO4. The molecule has 0 N–H and O–H groups in total. The van der Waals surface area contributed by atoms with E-state index in [0.29, 0.717) is 0 Å². The lowest BCUT2D eigenvalue weighted by Gasteiger charge is -2.12. The van der Waals surface area contributed by atoms with Gasteiger partial charge in [0.1, 0.15) is 0 Å². The van der Waals surface area contributed by atoms with Crippen LogP contribution in [-0.2, 0) is 19.0 Å². The molecule has 0 rings (SSSR count). The highest BCUT2D eigenvalue weighted by atomic mass is 16.7. The van der Waals surface area contributed by atoms with Crippen molar-refractivity contribution >= 4 is 5.97 Å². The van der Waals surface area contributed by atoms with E-state index in [9.17, 15) is 4.79 Å². The van der Waals surface area contributed by atoms with E-state index in [4.69, 9.17) is 16.0 Å². The van der Waals surface area contributed by atoms with Gasteiger partial charge >= 0.3 is 12.0 Å². The van der Waals surface area contributed by atoms with Crippen LogP contribution in [0, 0.1) is 6.57 Å². The first kappa shape index (κ1) is 11.9. The van der Waals surface area contributed by atoms with Gasteiger partial charge in [-0.15, -0.1) is 0 Å². The summed E-state index contributed by atoms with van der Waals surface area (Å²) in [4.78, 5) is 14.1. The Bertz CT molecular complexity index is 195. The number of hydrogen-bond donors (Lipinski definition) is 0. The fourth-order valence-electron chi connectivity index (χ4n) is 0.809. The first-order valence-corrected chi connectivity index (χ1v) is 3.69. The molecule has 0 bridgehead atoms. The summed E-state index contributed by atoms with van der Waals surface area (Å²) in [6.07, 6.45) is -0.360. The van der Waals surface area contributed by atoms with Gasteiger partial charge in [-0.25, -0.2) is 11.4 Å². The van der Waals surface area contributed by atoms with E-state index < -0.39 is 18.3 Å². The zero-order valence-corrected chi connectivity index (χ0v) is 7.94. The van der Waals surface area contributed by atoms with Gasteiger partial charge in [0.15, 0.2) is 6.29 Å². The number of carbonyl (C=O) groups is 1. The van der Waals surface area contributed by atoms with Crippen LogP contribution in [0.3, 0.4) is 0 Å². The number of nitrogens with zero attached hydrogens (tertiary/aromatic N) is 1. The molecule has 0 fully saturated rings. The minimum absolute atomic E-state index is 0.184. The summed E-state index contributed by atoms with van der Waals surface area (Å²) >= 11 is 0. The molecular weight excluding hydrogens is 174 g/mol. The van der Waals surface area contributed by atoms with E-state index in [1.165, 1.54) is 21.3 Å². The maximum absolute atomic E-state index is 11.0. The van der Waals surface area contributed by atoms with Crippen molar-refractivity contribution < 1.29 is 19.0 Å². The van der Waals surface area contributed by atoms with Gasteiger partial charge in [0.25, 0.3) is 0 Å². The zero-order valence-electron chi connectivity index (χ0n) is 7.94. The van der Waals surface area contributed by atoms with Crippen LogP contribution in [0.1, 0.15) is 6.42 Å². The Labute approximate surface area is 77.4 Å². The summed E-state index contributed by atoms with van der Waals surface area (Å²) in [5, 5.41) is 0. The maximum Gasteiger partial charge on any atom is 0.390 e. The van der Waals surface area contributed by atoms with Crippen LogP contribution in [-0.4, -0.2) is 39.6 Å². The second-order valence-corrected chi connectivity index (χ2v) is 2.30. The van der Waals surface area contributed by atoms with Crippen LogP contribution in [0.2, 0.25) is 0 Å². The van der Waals surface area contributed by atoms with Gasteiger partial charge in [-0.3, -0.25) is 0 Å². The molecule has 74 valence electrons. The summed E-state index contributed by atoms with van der Waals surface area (Å²) in [7, 11) is 4.15. The molecule has 5 nitrogen and oxygen atoms in total. The van der Waals surface area contributed by atoms with Crippen LogP contribution in [0.25, 0.3) is 4.85 Å². The van der Waals surface area contributed by atoms with Crippen LogP contribution < -0.4 is 0 Å². The summed E-state index contributed by atoms with van der Waals surface area (Å²) in [6, 6.07) is -0.852. The van der Waals surface area contributed by atoms with Crippen molar-refractivity contribution in [2.24, 2.45) is 0 Å².